The summed E-state index contributed by atoms with van der Waals surface area (Å²) in [7, 11) is 0. The van der Waals surface area contributed by atoms with E-state index in [0.29, 0.717) is 0 Å². The van der Waals surface area contributed by atoms with Crippen LogP contribution in [0.5, 0.6) is 5.75 Å². The van der Waals surface area contributed by atoms with E-state index >= 15 is 0 Å². The number of hydrogen-bond donors (Lipinski definition) is 0. The molecule has 0 bridgehead atoms. The van der Waals surface area contributed by atoms with E-state index in [9.17, 15) is 0 Å². The second-order valence-corrected chi connectivity index (χ2v) is 7.01. The Morgan fingerprint density at radius 2 is 1.64 bits per heavy atom. The Kier molecular flexibility index (Phi) is 6.57. The van der Waals surface area contributed by atoms with Crippen molar-refractivity contribution in [2.45, 2.75) is 39.0 Å². The summed E-state index contributed by atoms with van der Waals surface area (Å²) in [4.78, 5) is 10.2. The van der Waals surface area contributed by atoms with Crippen LogP contribution in [0.25, 0.3) is 21.8 Å². The molecule has 0 N–H and O–H groups in total. The fourth-order valence-corrected chi connectivity index (χ4v) is 3.35. The topological polar surface area (TPSA) is 35.0 Å². The highest BCUT2D eigenvalue weighted by Gasteiger charge is 2.04. The molecule has 2 aromatic heterocycles. The highest BCUT2D eigenvalue weighted by atomic mass is 32.1. The molecular weight excluding hydrogens is 328 g/mol. The largest absolute Gasteiger partial charge is 0.494 e. The third-order valence-corrected chi connectivity index (χ3v) is 5.01. The van der Waals surface area contributed by atoms with Crippen LogP contribution < -0.4 is 4.74 Å². The molecule has 0 aliphatic rings. The predicted molar refractivity (Wildman–Crippen MR) is 105 cm³/mol. The Morgan fingerprint density at radius 1 is 0.880 bits per heavy atom. The molecule has 0 aliphatic heterocycles. The molecule has 25 heavy (non-hydrogen) atoms. The van der Waals surface area contributed by atoms with Crippen molar-refractivity contribution < 1.29 is 4.74 Å². The fourth-order valence-electron chi connectivity index (χ4n) is 2.64. The molecule has 0 spiro atoms. The number of aromatic nitrogens is 2. The number of ether oxygens (including phenoxy) is 1. The first kappa shape index (κ1) is 17.6. The van der Waals surface area contributed by atoms with Crippen molar-refractivity contribution in [3.05, 3.63) is 54.2 Å². The first-order chi connectivity index (χ1) is 12.4. The molecule has 3 aromatic rings. The average Bonchev–Trinajstić information content (AvgIpc) is 3.20. The molecule has 0 unspecified atom stereocenters. The summed E-state index contributed by atoms with van der Waals surface area (Å²) in [6.45, 7) is 3.02. The van der Waals surface area contributed by atoms with E-state index < -0.39 is 0 Å². The van der Waals surface area contributed by atoms with Crippen LogP contribution in [0.1, 0.15) is 39.0 Å². The minimum atomic E-state index is 0.742. The van der Waals surface area contributed by atoms with Crippen LogP contribution in [0.3, 0.4) is 0 Å². The van der Waals surface area contributed by atoms with Crippen molar-refractivity contribution >= 4 is 11.3 Å². The van der Waals surface area contributed by atoms with Crippen molar-refractivity contribution in [3.63, 3.8) is 0 Å². The van der Waals surface area contributed by atoms with Gasteiger partial charge in [-0.05, 0) is 42.1 Å². The predicted octanol–water partition coefficient (Wildman–Crippen LogP) is 6.22. The zero-order valence-electron chi connectivity index (χ0n) is 14.6. The van der Waals surface area contributed by atoms with Gasteiger partial charge >= 0.3 is 0 Å². The molecule has 3 nitrogen and oxygen atoms in total. The molecule has 0 saturated carbocycles. The summed E-state index contributed by atoms with van der Waals surface area (Å²) in [5.41, 5.74) is 2.06. The quantitative estimate of drug-likeness (QED) is 0.429. The van der Waals surface area contributed by atoms with Crippen molar-refractivity contribution in [1.82, 2.24) is 9.97 Å². The van der Waals surface area contributed by atoms with Gasteiger partial charge in [0, 0.05) is 28.4 Å². The molecule has 3 rings (SSSR count). The van der Waals surface area contributed by atoms with Gasteiger partial charge in [-0.15, -0.1) is 11.3 Å². The molecule has 0 atom stereocenters. The second kappa shape index (κ2) is 9.33. The maximum absolute atomic E-state index is 5.81. The lowest BCUT2D eigenvalue weighted by molar-refractivity contribution is 0.304. The zero-order chi connectivity index (χ0) is 17.3. The molecule has 4 heteroatoms. The van der Waals surface area contributed by atoms with Gasteiger partial charge in [0.2, 0.25) is 0 Å². The van der Waals surface area contributed by atoms with E-state index in [1.807, 2.05) is 42.7 Å². The maximum atomic E-state index is 5.81. The normalized spacial score (nSPS) is 10.8. The number of unbranched alkanes of at least 4 members (excludes halogenated alkanes) is 4. The summed E-state index contributed by atoms with van der Waals surface area (Å²) >= 11 is 1.70. The van der Waals surface area contributed by atoms with E-state index in [-0.39, 0.29) is 0 Å². The summed E-state index contributed by atoms with van der Waals surface area (Å²) in [5, 5.41) is 2.06. The van der Waals surface area contributed by atoms with Crippen LogP contribution in [0.4, 0.5) is 0 Å². The van der Waals surface area contributed by atoms with Crippen molar-refractivity contribution in [2.24, 2.45) is 0 Å². The first-order valence-electron chi connectivity index (χ1n) is 8.96. The molecule has 0 aliphatic carbocycles. The van der Waals surface area contributed by atoms with Crippen LogP contribution >= 0.6 is 11.3 Å². The highest BCUT2D eigenvalue weighted by Crippen LogP contribution is 2.25. The van der Waals surface area contributed by atoms with Gasteiger partial charge < -0.3 is 4.74 Å². The number of thiophene rings is 1. The van der Waals surface area contributed by atoms with Gasteiger partial charge in [0.25, 0.3) is 0 Å². The SMILES string of the molecule is CCCCCCCOc1ccc(-c2ncc(-c3cccs3)cn2)cc1. The molecule has 0 saturated heterocycles. The van der Waals surface area contributed by atoms with E-state index in [2.05, 4.69) is 28.3 Å². The van der Waals surface area contributed by atoms with Crippen LogP contribution in [0.15, 0.2) is 54.2 Å². The Labute approximate surface area is 153 Å². The lowest BCUT2D eigenvalue weighted by Crippen LogP contribution is -1.97. The Bertz CT molecular complexity index is 737. The van der Waals surface area contributed by atoms with Gasteiger partial charge in [-0.3, -0.25) is 0 Å². The van der Waals surface area contributed by atoms with Gasteiger partial charge in [0.1, 0.15) is 5.75 Å². The highest BCUT2D eigenvalue weighted by molar-refractivity contribution is 7.13. The smallest absolute Gasteiger partial charge is 0.159 e. The number of nitrogens with zero attached hydrogens (tertiary/aromatic N) is 2. The van der Waals surface area contributed by atoms with Gasteiger partial charge in [0.15, 0.2) is 5.82 Å². The van der Waals surface area contributed by atoms with Crippen molar-refractivity contribution in [3.8, 4) is 27.6 Å². The van der Waals surface area contributed by atoms with E-state index in [0.717, 1.165) is 35.7 Å². The van der Waals surface area contributed by atoms with Crippen LogP contribution in [-0.2, 0) is 0 Å². The molecular formula is C21H24N2OS. The minimum Gasteiger partial charge on any atom is -0.494 e. The monoisotopic (exact) mass is 352 g/mol. The number of rotatable bonds is 9. The van der Waals surface area contributed by atoms with Gasteiger partial charge in [0.05, 0.1) is 6.61 Å². The van der Waals surface area contributed by atoms with Crippen LogP contribution in [0, 0.1) is 0 Å². The van der Waals surface area contributed by atoms with Gasteiger partial charge in [-0.2, -0.15) is 0 Å². The Balaban J connectivity index is 1.53. The second-order valence-electron chi connectivity index (χ2n) is 6.06. The van der Waals surface area contributed by atoms with E-state index in [1.165, 1.54) is 30.6 Å². The van der Waals surface area contributed by atoms with Gasteiger partial charge in [-0.1, -0.05) is 38.7 Å². The Morgan fingerprint density at radius 3 is 2.32 bits per heavy atom. The third kappa shape index (κ3) is 5.13. The Hall–Kier alpha value is -2.20. The lowest BCUT2D eigenvalue weighted by atomic mass is 10.2. The summed E-state index contributed by atoms with van der Waals surface area (Å²) in [6.07, 6.45) is 10.0. The molecule has 0 fully saturated rings. The third-order valence-electron chi connectivity index (χ3n) is 4.09. The zero-order valence-corrected chi connectivity index (χ0v) is 15.5. The maximum Gasteiger partial charge on any atom is 0.159 e. The van der Waals surface area contributed by atoms with Crippen LogP contribution in [-0.4, -0.2) is 16.6 Å². The average molecular weight is 353 g/mol. The summed E-state index contributed by atoms with van der Waals surface area (Å²) < 4.78 is 5.81. The molecule has 130 valence electrons. The minimum absolute atomic E-state index is 0.742. The fraction of sp³-hybridized carbons (Fsp3) is 0.333. The standard InChI is InChI=1S/C21H24N2OS/c1-2-3-4-5-6-13-24-19-11-9-17(10-12-19)21-22-15-18(16-23-21)20-8-7-14-25-20/h7-12,14-16H,2-6,13H2,1H3. The van der Waals surface area contributed by atoms with Crippen molar-refractivity contribution in [2.75, 3.05) is 6.61 Å². The van der Waals surface area contributed by atoms with Gasteiger partial charge in [-0.25, -0.2) is 9.97 Å². The van der Waals surface area contributed by atoms with Crippen molar-refractivity contribution in [1.29, 1.82) is 0 Å². The summed E-state index contributed by atoms with van der Waals surface area (Å²) in [5.74, 6) is 1.65. The molecule has 2 heterocycles. The number of benzene rings is 1. The lowest BCUT2D eigenvalue weighted by Gasteiger charge is -2.07. The first-order valence-corrected chi connectivity index (χ1v) is 9.84. The molecule has 0 radical (unpaired) electrons. The molecule has 0 amide bonds. The van der Waals surface area contributed by atoms with E-state index in [1.54, 1.807) is 11.3 Å². The number of hydrogen-bond acceptors (Lipinski definition) is 4. The summed E-state index contributed by atoms with van der Waals surface area (Å²) in [6, 6.07) is 12.2. The van der Waals surface area contributed by atoms with Crippen LogP contribution in [0.2, 0.25) is 0 Å². The van der Waals surface area contributed by atoms with E-state index in [4.69, 9.17) is 4.74 Å². The molecule has 1 aromatic carbocycles.